The maximum Gasteiger partial charge on any atom is 0.308 e. The van der Waals surface area contributed by atoms with Crippen molar-refractivity contribution in [3.05, 3.63) is 10.6 Å². The number of thiazole rings is 1. The Morgan fingerprint density at radius 1 is 1.69 bits per heavy atom. The summed E-state index contributed by atoms with van der Waals surface area (Å²) in [5, 5.41) is 8.60. The van der Waals surface area contributed by atoms with Crippen LogP contribution in [0.15, 0.2) is 4.34 Å². The van der Waals surface area contributed by atoms with Gasteiger partial charge in [0.1, 0.15) is 0 Å². The number of carboxylic acid groups (broad SMARTS) is 1. The minimum Gasteiger partial charge on any atom is -0.481 e. The van der Waals surface area contributed by atoms with Crippen molar-refractivity contribution in [1.29, 1.82) is 0 Å². The van der Waals surface area contributed by atoms with E-state index in [0.717, 1.165) is 14.9 Å². The van der Waals surface area contributed by atoms with Crippen LogP contribution >= 0.6 is 32.9 Å². The first-order chi connectivity index (χ1) is 6.13. The topological polar surface area (TPSA) is 50.2 Å². The van der Waals surface area contributed by atoms with Crippen LogP contribution in [0.5, 0.6) is 0 Å². The van der Waals surface area contributed by atoms with Gasteiger partial charge in [-0.05, 0) is 24.0 Å². The van der Waals surface area contributed by atoms with Gasteiger partial charge in [0.2, 0.25) is 0 Å². The van der Waals surface area contributed by atoms with Gasteiger partial charge in [0.15, 0.2) is 4.34 Å². The van der Waals surface area contributed by atoms with Crippen molar-refractivity contribution >= 4 is 38.9 Å². The van der Waals surface area contributed by atoms with Crippen LogP contribution in [0.4, 0.5) is 0 Å². The fourth-order valence-corrected chi connectivity index (χ4v) is 3.80. The van der Waals surface area contributed by atoms with Crippen molar-refractivity contribution in [1.82, 2.24) is 4.98 Å². The molecule has 1 rings (SSSR count). The van der Waals surface area contributed by atoms with Crippen LogP contribution in [0.2, 0.25) is 0 Å². The molecular formula is C7H9NO2S3. The molecule has 1 aromatic rings. The monoisotopic (exact) mass is 235 g/mol. The van der Waals surface area contributed by atoms with Gasteiger partial charge in [-0.3, -0.25) is 4.79 Å². The molecule has 0 aliphatic carbocycles. The van der Waals surface area contributed by atoms with Gasteiger partial charge >= 0.3 is 5.97 Å². The second kappa shape index (κ2) is 4.88. The van der Waals surface area contributed by atoms with Gasteiger partial charge in [-0.15, -0.1) is 11.3 Å². The molecule has 0 atom stereocenters. The predicted octanol–water partition coefficient (Wildman–Crippen LogP) is 2.45. The third-order valence-corrected chi connectivity index (χ3v) is 4.48. The van der Waals surface area contributed by atoms with Crippen LogP contribution in [-0.4, -0.2) is 22.3 Å². The number of aryl methyl sites for hydroxylation is 1. The van der Waals surface area contributed by atoms with E-state index in [1.54, 1.807) is 21.6 Å². The van der Waals surface area contributed by atoms with E-state index in [4.69, 9.17) is 5.11 Å². The third kappa shape index (κ3) is 3.21. The lowest BCUT2D eigenvalue weighted by molar-refractivity contribution is -0.136. The van der Waals surface area contributed by atoms with E-state index in [1.165, 1.54) is 11.3 Å². The molecule has 0 saturated heterocycles. The zero-order valence-corrected chi connectivity index (χ0v) is 9.68. The van der Waals surface area contributed by atoms with Crippen LogP contribution in [-0.2, 0) is 11.2 Å². The van der Waals surface area contributed by atoms with E-state index in [1.807, 2.05) is 13.2 Å². The lowest BCUT2D eigenvalue weighted by Gasteiger charge is -1.89. The molecule has 0 saturated carbocycles. The Labute approximate surface area is 88.4 Å². The molecule has 0 aliphatic heterocycles. The van der Waals surface area contributed by atoms with Gasteiger partial charge in [-0.1, -0.05) is 10.8 Å². The molecule has 0 spiro atoms. The number of hydrogen-bond acceptors (Lipinski definition) is 5. The molecule has 0 amide bonds. The molecule has 1 N–H and O–H groups in total. The molecular weight excluding hydrogens is 226 g/mol. The summed E-state index contributed by atoms with van der Waals surface area (Å²) >= 11 is 1.46. The number of hydrogen-bond donors (Lipinski definition) is 1. The summed E-state index contributed by atoms with van der Waals surface area (Å²) in [5.74, 6) is -0.799. The summed E-state index contributed by atoms with van der Waals surface area (Å²) in [6.45, 7) is 1.85. The molecule has 6 heteroatoms. The van der Waals surface area contributed by atoms with E-state index in [9.17, 15) is 4.79 Å². The van der Waals surface area contributed by atoms with Crippen LogP contribution < -0.4 is 0 Å². The van der Waals surface area contributed by atoms with Gasteiger partial charge in [0.25, 0.3) is 0 Å². The second-order valence-electron chi connectivity index (χ2n) is 2.31. The molecule has 0 unspecified atom stereocenters. The van der Waals surface area contributed by atoms with Crippen molar-refractivity contribution in [2.75, 3.05) is 6.26 Å². The van der Waals surface area contributed by atoms with Gasteiger partial charge in [-0.2, -0.15) is 0 Å². The third-order valence-electron chi connectivity index (χ3n) is 1.34. The number of carboxylic acids is 1. The van der Waals surface area contributed by atoms with Crippen molar-refractivity contribution < 1.29 is 9.90 Å². The van der Waals surface area contributed by atoms with E-state index in [0.29, 0.717) is 0 Å². The van der Waals surface area contributed by atoms with Gasteiger partial charge in [0, 0.05) is 4.88 Å². The number of aliphatic carboxylic acids is 1. The largest absolute Gasteiger partial charge is 0.481 e. The molecule has 72 valence electrons. The Morgan fingerprint density at radius 3 is 2.92 bits per heavy atom. The first kappa shape index (κ1) is 10.9. The lowest BCUT2D eigenvalue weighted by Crippen LogP contribution is -1.99. The zero-order chi connectivity index (χ0) is 9.84. The summed E-state index contributed by atoms with van der Waals surface area (Å²) < 4.78 is 0.932. The van der Waals surface area contributed by atoms with E-state index in [2.05, 4.69) is 4.98 Å². The molecule has 3 nitrogen and oxygen atoms in total. The van der Waals surface area contributed by atoms with Gasteiger partial charge < -0.3 is 5.11 Å². The number of carbonyl (C=O) groups is 1. The zero-order valence-electron chi connectivity index (χ0n) is 7.23. The maximum atomic E-state index is 10.5. The molecule has 0 aliphatic rings. The number of aromatic nitrogens is 1. The summed E-state index contributed by atoms with van der Waals surface area (Å²) in [4.78, 5) is 15.6. The Morgan fingerprint density at radius 2 is 2.38 bits per heavy atom. The summed E-state index contributed by atoms with van der Waals surface area (Å²) in [5.41, 5.74) is 0.837. The van der Waals surface area contributed by atoms with Crippen LogP contribution in [0.1, 0.15) is 10.6 Å². The predicted molar refractivity (Wildman–Crippen MR) is 57.6 cm³/mol. The smallest absolute Gasteiger partial charge is 0.308 e. The number of rotatable bonds is 4. The number of nitrogens with zero attached hydrogens (tertiary/aromatic N) is 1. The summed E-state index contributed by atoms with van der Waals surface area (Å²) in [6.07, 6.45) is 2.05. The normalized spacial score (nSPS) is 10.3. The Kier molecular flexibility index (Phi) is 4.08. The summed E-state index contributed by atoms with van der Waals surface area (Å²) in [7, 11) is 3.18. The quantitative estimate of drug-likeness (QED) is 0.812. The first-order valence-corrected chi connectivity index (χ1v) is 6.89. The molecule has 0 fully saturated rings. The van der Waals surface area contributed by atoms with Crippen molar-refractivity contribution in [2.24, 2.45) is 0 Å². The molecule has 1 aromatic heterocycles. The van der Waals surface area contributed by atoms with Gasteiger partial charge in [0.05, 0.1) is 12.1 Å². The molecule has 13 heavy (non-hydrogen) atoms. The van der Waals surface area contributed by atoms with E-state index in [-0.39, 0.29) is 6.42 Å². The molecule has 0 bridgehead atoms. The standard InChI is InChI=1S/C7H9NO2S3/c1-4-5(3-6(9)10)12-7(8-4)13-11-2/h3H2,1-2H3,(H,9,10). The van der Waals surface area contributed by atoms with E-state index >= 15 is 0 Å². The average Bonchev–Trinajstić information content (AvgIpc) is 2.31. The fraction of sp³-hybridized carbons (Fsp3) is 0.429. The van der Waals surface area contributed by atoms with Crippen LogP contribution in [0.3, 0.4) is 0 Å². The minimum absolute atomic E-state index is 0.0818. The van der Waals surface area contributed by atoms with Gasteiger partial charge in [-0.25, -0.2) is 4.98 Å². The highest BCUT2D eigenvalue weighted by Crippen LogP contribution is 2.33. The SMILES string of the molecule is CSSc1nc(C)c(CC(=O)O)s1. The second-order valence-corrected chi connectivity index (χ2v) is 6.04. The van der Waals surface area contributed by atoms with Crippen LogP contribution in [0.25, 0.3) is 0 Å². The highest BCUT2D eigenvalue weighted by molar-refractivity contribution is 8.76. The van der Waals surface area contributed by atoms with Crippen molar-refractivity contribution in [2.45, 2.75) is 17.7 Å². The average molecular weight is 235 g/mol. The Bertz CT molecular complexity index is 311. The highest BCUT2D eigenvalue weighted by Gasteiger charge is 2.10. The summed E-state index contributed by atoms with van der Waals surface area (Å²) in [6, 6.07) is 0. The Hall–Kier alpha value is -0.200. The molecule has 1 heterocycles. The van der Waals surface area contributed by atoms with Crippen molar-refractivity contribution in [3.8, 4) is 0 Å². The lowest BCUT2D eigenvalue weighted by atomic mass is 10.3. The van der Waals surface area contributed by atoms with Crippen molar-refractivity contribution in [3.63, 3.8) is 0 Å². The van der Waals surface area contributed by atoms with E-state index < -0.39 is 5.97 Å². The molecule has 0 radical (unpaired) electrons. The minimum atomic E-state index is -0.799. The van der Waals surface area contributed by atoms with Crippen LogP contribution in [0, 0.1) is 6.92 Å². The first-order valence-electron chi connectivity index (χ1n) is 3.52. The Balaban J connectivity index is 2.77. The molecule has 0 aromatic carbocycles. The maximum absolute atomic E-state index is 10.5. The fourth-order valence-electron chi connectivity index (χ4n) is 0.810. The highest BCUT2D eigenvalue weighted by atomic mass is 33.1.